The van der Waals surface area contributed by atoms with E-state index in [1.807, 2.05) is 48.2 Å². The van der Waals surface area contributed by atoms with Gasteiger partial charge in [-0.05, 0) is 37.5 Å². The van der Waals surface area contributed by atoms with Crippen molar-refractivity contribution in [1.29, 1.82) is 0 Å². The quantitative estimate of drug-likeness (QED) is 0.691. The third-order valence-corrected chi connectivity index (χ3v) is 4.99. The van der Waals surface area contributed by atoms with Crippen molar-refractivity contribution in [3.05, 3.63) is 65.8 Å². The Labute approximate surface area is 158 Å². The lowest BCUT2D eigenvalue weighted by Gasteiger charge is -2.24. The van der Waals surface area contributed by atoms with E-state index in [9.17, 15) is 4.79 Å². The summed E-state index contributed by atoms with van der Waals surface area (Å²) < 4.78 is 5.33. The molecule has 1 saturated heterocycles. The molecule has 27 heavy (non-hydrogen) atoms. The molecule has 0 spiro atoms. The van der Waals surface area contributed by atoms with Crippen LogP contribution in [0.2, 0.25) is 0 Å². The Hall–Kier alpha value is -3.02. The summed E-state index contributed by atoms with van der Waals surface area (Å²) in [6.07, 6.45) is 6.40. The van der Waals surface area contributed by atoms with E-state index >= 15 is 0 Å². The number of pyridine rings is 1. The lowest BCUT2D eigenvalue weighted by molar-refractivity contribution is -0.132. The molecule has 1 aliphatic heterocycles. The number of hydrogen-bond acceptors (Lipinski definition) is 5. The highest BCUT2D eigenvalue weighted by Crippen LogP contribution is 2.32. The minimum absolute atomic E-state index is 0.129. The molecule has 6 heteroatoms. The van der Waals surface area contributed by atoms with E-state index in [0.717, 1.165) is 30.5 Å². The third-order valence-electron chi connectivity index (χ3n) is 4.99. The zero-order valence-electron chi connectivity index (χ0n) is 15.3. The molecule has 1 fully saturated rings. The van der Waals surface area contributed by atoms with E-state index in [2.05, 4.69) is 15.1 Å². The van der Waals surface area contributed by atoms with E-state index in [-0.39, 0.29) is 11.9 Å². The van der Waals surface area contributed by atoms with Crippen LogP contribution in [0.4, 0.5) is 0 Å². The van der Waals surface area contributed by atoms with Gasteiger partial charge in [0.15, 0.2) is 0 Å². The molecule has 1 atom stereocenters. The number of amides is 1. The van der Waals surface area contributed by atoms with Crippen molar-refractivity contribution in [2.75, 3.05) is 6.54 Å². The number of benzene rings is 1. The van der Waals surface area contributed by atoms with Crippen molar-refractivity contribution in [2.45, 2.75) is 38.6 Å². The van der Waals surface area contributed by atoms with Gasteiger partial charge in [-0.25, -0.2) is 0 Å². The van der Waals surface area contributed by atoms with E-state index in [4.69, 9.17) is 4.52 Å². The van der Waals surface area contributed by atoms with Crippen LogP contribution in [0.3, 0.4) is 0 Å². The number of carbonyl (C=O) groups excluding carboxylic acids is 1. The molecule has 0 saturated carbocycles. The molecular weight excluding hydrogens is 340 g/mol. The first-order valence-corrected chi connectivity index (χ1v) is 9.30. The van der Waals surface area contributed by atoms with Crippen molar-refractivity contribution in [1.82, 2.24) is 20.0 Å². The minimum Gasteiger partial charge on any atom is -0.339 e. The molecule has 138 valence electrons. The Bertz CT molecular complexity index is 905. The highest BCUT2D eigenvalue weighted by atomic mass is 16.5. The van der Waals surface area contributed by atoms with Gasteiger partial charge in [0.25, 0.3) is 0 Å². The minimum atomic E-state index is 0.129. The Morgan fingerprint density at radius 3 is 2.74 bits per heavy atom. The Balaban J connectivity index is 1.39. The van der Waals surface area contributed by atoms with Gasteiger partial charge in [-0.2, -0.15) is 4.98 Å². The Morgan fingerprint density at radius 1 is 1.19 bits per heavy atom. The van der Waals surface area contributed by atoms with Crippen LogP contribution in [0.15, 0.2) is 53.3 Å². The molecule has 4 rings (SSSR count). The molecule has 0 aliphatic carbocycles. The molecule has 3 aromatic rings. The molecule has 3 heterocycles. The number of carbonyl (C=O) groups is 1. The summed E-state index contributed by atoms with van der Waals surface area (Å²) >= 11 is 0. The fourth-order valence-corrected chi connectivity index (χ4v) is 3.53. The van der Waals surface area contributed by atoms with Crippen LogP contribution in [0.1, 0.15) is 42.3 Å². The molecule has 2 aromatic heterocycles. The molecular formula is C21H22N4O2. The maximum Gasteiger partial charge on any atom is 0.227 e. The Morgan fingerprint density at radius 2 is 1.96 bits per heavy atom. The number of rotatable bonds is 5. The lowest BCUT2D eigenvalue weighted by atomic mass is 10.1. The van der Waals surface area contributed by atoms with Crippen molar-refractivity contribution in [3.8, 4) is 11.4 Å². The normalized spacial score (nSPS) is 16.6. The monoisotopic (exact) mass is 362 g/mol. The fraction of sp³-hybridized carbons (Fsp3) is 0.333. The van der Waals surface area contributed by atoms with Gasteiger partial charge >= 0.3 is 0 Å². The van der Waals surface area contributed by atoms with Gasteiger partial charge < -0.3 is 9.42 Å². The predicted molar refractivity (Wildman–Crippen MR) is 101 cm³/mol. The van der Waals surface area contributed by atoms with Crippen molar-refractivity contribution >= 4 is 5.91 Å². The number of likely N-dealkylation sites (tertiary alicyclic amines) is 1. The van der Waals surface area contributed by atoms with Gasteiger partial charge in [0.1, 0.15) is 0 Å². The summed E-state index contributed by atoms with van der Waals surface area (Å²) in [6, 6.07) is 12.1. The first-order chi connectivity index (χ1) is 13.2. The summed E-state index contributed by atoms with van der Waals surface area (Å²) in [5, 5.41) is 4.04. The van der Waals surface area contributed by atoms with E-state index in [1.54, 1.807) is 12.4 Å². The number of hydrogen-bond donors (Lipinski definition) is 0. The van der Waals surface area contributed by atoms with Gasteiger partial charge in [-0.1, -0.05) is 35.0 Å². The van der Waals surface area contributed by atoms with Crippen LogP contribution in [0, 0.1) is 6.92 Å². The van der Waals surface area contributed by atoms with Gasteiger partial charge in [0, 0.05) is 37.3 Å². The maximum absolute atomic E-state index is 12.7. The third kappa shape index (κ3) is 3.89. The van der Waals surface area contributed by atoms with Crippen molar-refractivity contribution in [3.63, 3.8) is 0 Å². The number of aromatic nitrogens is 3. The van der Waals surface area contributed by atoms with Crippen LogP contribution in [-0.4, -0.2) is 32.5 Å². The number of nitrogens with zero attached hydrogens (tertiary/aromatic N) is 4. The SMILES string of the molecule is Cc1ccc(-c2noc(CCC(=O)N3CCC[C@@H]3c3ccncc3)n2)cc1. The van der Waals surface area contributed by atoms with E-state index < -0.39 is 0 Å². The summed E-state index contributed by atoms with van der Waals surface area (Å²) in [7, 11) is 0. The average Bonchev–Trinajstić information content (AvgIpc) is 3.37. The van der Waals surface area contributed by atoms with Gasteiger partial charge in [-0.3, -0.25) is 9.78 Å². The zero-order chi connectivity index (χ0) is 18.6. The highest BCUT2D eigenvalue weighted by Gasteiger charge is 2.29. The molecule has 0 bridgehead atoms. The summed E-state index contributed by atoms with van der Waals surface area (Å²) in [5.74, 6) is 1.19. The molecule has 0 N–H and O–H groups in total. The van der Waals surface area contributed by atoms with Gasteiger partial charge in [-0.15, -0.1) is 0 Å². The van der Waals surface area contributed by atoms with Crippen LogP contribution in [0.5, 0.6) is 0 Å². The topological polar surface area (TPSA) is 72.1 Å². The second-order valence-electron chi connectivity index (χ2n) is 6.90. The molecule has 0 unspecified atom stereocenters. The van der Waals surface area contributed by atoms with Gasteiger partial charge in [0.2, 0.25) is 17.6 Å². The van der Waals surface area contributed by atoms with Crippen LogP contribution in [0.25, 0.3) is 11.4 Å². The first kappa shape index (κ1) is 17.4. The Kier molecular flexibility index (Phi) is 4.96. The first-order valence-electron chi connectivity index (χ1n) is 9.30. The molecule has 0 radical (unpaired) electrons. The van der Waals surface area contributed by atoms with E-state index in [1.165, 1.54) is 5.56 Å². The van der Waals surface area contributed by atoms with Crippen molar-refractivity contribution < 1.29 is 9.32 Å². The standard InChI is InChI=1S/C21H22N4O2/c1-15-4-6-17(7-5-15)21-23-19(27-24-21)8-9-20(26)25-14-2-3-18(25)16-10-12-22-13-11-16/h4-7,10-13,18H,2-3,8-9,14H2,1H3/t18-/m1/s1. The fourth-order valence-electron chi connectivity index (χ4n) is 3.53. The molecule has 1 amide bonds. The zero-order valence-corrected chi connectivity index (χ0v) is 15.3. The number of aryl methyl sites for hydroxylation is 2. The maximum atomic E-state index is 12.7. The second kappa shape index (κ2) is 7.70. The van der Waals surface area contributed by atoms with Crippen LogP contribution < -0.4 is 0 Å². The summed E-state index contributed by atoms with van der Waals surface area (Å²) in [5.41, 5.74) is 3.25. The van der Waals surface area contributed by atoms with Gasteiger partial charge in [0.05, 0.1) is 6.04 Å². The summed E-state index contributed by atoms with van der Waals surface area (Å²) in [6.45, 7) is 2.83. The molecule has 1 aromatic carbocycles. The second-order valence-corrected chi connectivity index (χ2v) is 6.90. The van der Waals surface area contributed by atoms with Crippen LogP contribution in [-0.2, 0) is 11.2 Å². The van der Waals surface area contributed by atoms with Crippen LogP contribution >= 0.6 is 0 Å². The molecule has 6 nitrogen and oxygen atoms in total. The van der Waals surface area contributed by atoms with Crippen molar-refractivity contribution in [2.24, 2.45) is 0 Å². The molecule has 1 aliphatic rings. The van der Waals surface area contributed by atoms with E-state index in [0.29, 0.717) is 24.6 Å². The summed E-state index contributed by atoms with van der Waals surface area (Å²) in [4.78, 5) is 23.2. The predicted octanol–water partition coefficient (Wildman–Crippen LogP) is 3.74. The largest absolute Gasteiger partial charge is 0.339 e. The average molecular weight is 362 g/mol. The lowest BCUT2D eigenvalue weighted by Crippen LogP contribution is -2.30. The highest BCUT2D eigenvalue weighted by molar-refractivity contribution is 5.77. The smallest absolute Gasteiger partial charge is 0.227 e.